The molecule has 0 fully saturated rings. The second kappa shape index (κ2) is 16.0. The number of rotatable bonds is 16. The second-order valence-corrected chi connectivity index (χ2v) is 5.93. The van der Waals surface area contributed by atoms with E-state index in [9.17, 15) is 14.6 Å². The lowest BCUT2D eigenvalue weighted by Crippen LogP contribution is -1.93. The van der Waals surface area contributed by atoms with Crippen LogP contribution in [0.4, 0.5) is 0 Å². The first-order valence-electron chi connectivity index (χ1n) is 8.90. The van der Waals surface area contributed by atoms with Gasteiger partial charge in [-0.3, -0.25) is 4.79 Å². The molecule has 0 radical (unpaired) electrons. The molecule has 6 nitrogen and oxygen atoms in total. The Labute approximate surface area is 144 Å². The molecule has 24 heavy (non-hydrogen) atoms. The van der Waals surface area contributed by atoms with Crippen LogP contribution >= 0.6 is 0 Å². The standard InChI is InChI=1S/C18H30N2O4/c1-2-3-4-8-11-16(19-23)14-15-17(20-24)12-9-6-5-7-10-13-18(21)22/h11,15H,2-10,12-14H2,1H3,(H,21,22)/b16-11+,17-15+. The zero-order valence-corrected chi connectivity index (χ0v) is 14.7. The largest absolute Gasteiger partial charge is 0.481 e. The SMILES string of the molecule is CCCCC/C=C(\C/C=C(\CCCCCCCC(=O)O)N=O)N=O. The summed E-state index contributed by atoms with van der Waals surface area (Å²) < 4.78 is 0. The second-order valence-electron chi connectivity index (χ2n) is 5.93. The molecule has 0 aromatic rings. The zero-order chi connectivity index (χ0) is 18.0. The first kappa shape index (κ1) is 22.1. The van der Waals surface area contributed by atoms with E-state index in [0.29, 0.717) is 30.7 Å². The molecular weight excluding hydrogens is 308 g/mol. The molecule has 0 amide bonds. The maximum Gasteiger partial charge on any atom is 0.303 e. The lowest BCUT2D eigenvalue weighted by Gasteiger charge is -2.01. The molecule has 0 unspecified atom stereocenters. The molecular formula is C18H30N2O4. The maximum absolute atomic E-state index is 10.8. The van der Waals surface area contributed by atoms with E-state index in [4.69, 9.17) is 5.11 Å². The van der Waals surface area contributed by atoms with Crippen LogP contribution in [-0.4, -0.2) is 11.1 Å². The summed E-state index contributed by atoms with van der Waals surface area (Å²) in [5, 5.41) is 14.6. The highest BCUT2D eigenvalue weighted by atomic mass is 16.4. The maximum atomic E-state index is 10.8. The molecule has 6 heteroatoms. The summed E-state index contributed by atoms with van der Waals surface area (Å²) in [4.78, 5) is 32.0. The molecule has 0 aliphatic carbocycles. The van der Waals surface area contributed by atoms with Crippen molar-refractivity contribution in [2.45, 2.75) is 84.0 Å². The fraction of sp³-hybridized carbons (Fsp3) is 0.722. The van der Waals surface area contributed by atoms with Crippen molar-refractivity contribution in [1.82, 2.24) is 0 Å². The van der Waals surface area contributed by atoms with Crippen molar-refractivity contribution < 1.29 is 9.90 Å². The molecule has 0 aliphatic heterocycles. The summed E-state index contributed by atoms with van der Waals surface area (Å²) >= 11 is 0. The molecule has 0 aromatic heterocycles. The Morgan fingerprint density at radius 1 is 0.833 bits per heavy atom. The average molecular weight is 338 g/mol. The number of carboxylic acid groups (broad SMARTS) is 1. The number of aliphatic carboxylic acids is 1. The van der Waals surface area contributed by atoms with Gasteiger partial charge in [-0.25, -0.2) is 0 Å². The molecule has 0 saturated heterocycles. The predicted molar refractivity (Wildman–Crippen MR) is 96.5 cm³/mol. The number of hydrogen-bond donors (Lipinski definition) is 1. The fourth-order valence-corrected chi connectivity index (χ4v) is 2.34. The van der Waals surface area contributed by atoms with Gasteiger partial charge in [0.05, 0.1) is 11.4 Å². The van der Waals surface area contributed by atoms with E-state index in [0.717, 1.165) is 51.4 Å². The molecule has 0 aromatic carbocycles. The molecule has 0 aliphatic rings. The topological polar surface area (TPSA) is 96.2 Å². The van der Waals surface area contributed by atoms with Crippen LogP contribution in [0.3, 0.4) is 0 Å². The van der Waals surface area contributed by atoms with Crippen molar-refractivity contribution in [1.29, 1.82) is 0 Å². The van der Waals surface area contributed by atoms with Crippen molar-refractivity contribution in [3.63, 3.8) is 0 Å². The predicted octanol–water partition coefficient (Wildman–Crippen LogP) is 6.07. The van der Waals surface area contributed by atoms with Gasteiger partial charge in [0.1, 0.15) is 0 Å². The van der Waals surface area contributed by atoms with E-state index in [2.05, 4.69) is 17.3 Å². The van der Waals surface area contributed by atoms with Gasteiger partial charge in [-0.05, 0) is 42.5 Å². The van der Waals surface area contributed by atoms with E-state index in [1.807, 2.05) is 6.08 Å². The van der Waals surface area contributed by atoms with Gasteiger partial charge < -0.3 is 5.11 Å². The zero-order valence-electron chi connectivity index (χ0n) is 14.7. The highest BCUT2D eigenvalue weighted by Crippen LogP contribution is 2.16. The highest BCUT2D eigenvalue weighted by molar-refractivity contribution is 5.66. The van der Waals surface area contributed by atoms with Gasteiger partial charge >= 0.3 is 5.97 Å². The fourth-order valence-electron chi connectivity index (χ4n) is 2.34. The third-order valence-corrected chi connectivity index (χ3v) is 3.79. The van der Waals surface area contributed by atoms with Crippen LogP contribution in [0.5, 0.6) is 0 Å². The van der Waals surface area contributed by atoms with Gasteiger partial charge in [0.15, 0.2) is 0 Å². The minimum atomic E-state index is -0.757. The number of carbonyl (C=O) groups is 1. The van der Waals surface area contributed by atoms with E-state index in [1.165, 1.54) is 0 Å². The number of carboxylic acids is 1. The minimum Gasteiger partial charge on any atom is -0.481 e. The van der Waals surface area contributed by atoms with Crippen LogP contribution < -0.4 is 0 Å². The lowest BCUT2D eigenvalue weighted by atomic mass is 10.1. The first-order valence-corrected chi connectivity index (χ1v) is 8.90. The molecule has 0 spiro atoms. The molecule has 0 saturated carbocycles. The summed E-state index contributed by atoms with van der Waals surface area (Å²) in [6, 6.07) is 0. The first-order chi connectivity index (χ1) is 11.6. The normalized spacial score (nSPS) is 12.2. The van der Waals surface area contributed by atoms with Gasteiger partial charge in [-0.2, -0.15) is 0 Å². The van der Waals surface area contributed by atoms with Gasteiger partial charge in [0.25, 0.3) is 0 Å². The van der Waals surface area contributed by atoms with E-state index >= 15 is 0 Å². The molecule has 0 rings (SSSR count). The Bertz CT molecular complexity index is 431. The summed E-state index contributed by atoms with van der Waals surface area (Å²) in [5.41, 5.74) is 0.921. The lowest BCUT2D eigenvalue weighted by molar-refractivity contribution is -0.137. The minimum absolute atomic E-state index is 0.215. The monoisotopic (exact) mass is 338 g/mol. The summed E-state index contributed by atoms with van der Waals surface area (Å²) in [6.07, 6.45) is 13.1. The van der Waals surface area contributed by atoms with Gasteiger partial charge in [0, 0.05) is 12.8 Å². The number of unbranched alkanes of at least 4 members (excludes halogenated alkanes) is 7. The Morgan fingerprint density at radius 3 is 2.04 bits per heavy atom. The molecule has 0 heterocycles. The van der Waals surface area contributed by atoms with Gasteiger partial charge in [0.2, 0.25) is 0 Å². The Hall–Kier alpha value is -1.85. The van der Waals surface area contributed by atoms with Crippen LogP contribution in [0.25, 0.3) is 0 Å². The van der Waals surface area contributed by atoms with Crippen LogP contribution in [0.15, 0.2) is 33.9 Å². The van der Waals surface area contributed by atoms with Crippen LogP contribution in [-0.2, 0) is 4.79 Å². The van der Waals surface area contributed by atoms with Crippen molar-refractivity contribution in [3.8, 4) is 0 Å². The van der Waals surface area contributed by atoms with Crippen molar-refractivity contribution in [2.24, 2.45) is 10.4 Å². The third-order valence-electron chi connectivity index (χ3n) is 3.79. The third kappa shape index (κ3) is 13.8. The molecule has 0 bridgehead atoms. The Morgan fingerprint density at radius 2 is 1.46 bits per heavy atom. The summed E-state index contributed by atoms with van der Waals surface area (Å²) in [7, 11) is 0. The molecule has 136 valence electrons. The number of hydrogen-bond acceptors (Lipinski definition) is 5. The summed E-state index contributed by atoms with van der Waals surface area (Å²) in [5.74, 6) is -0.757. The number of nitroso groups, excluding NO2 is 2. The summed E-state index contributed by atoms with van der Waals surface area (Å²) in [6.45, 7) is 2.12. The van der Waals surface area contributed by atoms with E-state index in [-0.39, 0.29) is 6.42 Å². The highest BCUT2D eigenvalue weighted by Gasteiger charge is 2.01. The number of nitrogens with zero attached hydrogens (tertiary/aromatic N) is 2. The van der Waals surface area contributed by atoms with Gasteiger partial charge in [-0.15, -0.1) is 9.81 Å². The molecule has 1 N–H and O–H groups in total. The smallest absolute Gasteiger partial charge is 0.303 e. The van der Waals surface area contributed by atoms with Gasteiger partial charge in [-0.1, -0.05) is 51.2 Å². The molecule has 0 atom stereocenters. The van der Waals surface area contributed by atoms with E-state index in [1.54, 1.807) is 6.08 Å². The van der Waals surface area contributed by atoms with E-state index < -0.39 is 5.97 Å². The van der Waals surface area contributed by atoms with Crippen molar-refractivity contribution in [3.05, 3.63) is 33.4 Å². The van der Waals surface area contributed by atoms with Crippen molar-refractivity contribution >= 4 is 5.97 Å². The average Bonchev–Trinajstić information content (AvgIpc) is 2.57. The van der Waals surface area contributed by atoms with Crippen LogP contribution in [0.2, 0.25) is 0 Å². The Balaban J connectivity index is 4.00. The number of allylic oxidation sites excluding steroid dienone is 3. The quantitative estimate of drug-likeness (QED) is 0.273. The van der Waals surface area contributed by atoms with Crippen LogP contribution in [0.1, 0.15) is 84.0 Å². The van der Waals surface area contributed by atoms with Crippen molar-refractivity contribution in [2.75, 3.05) is 0 Å². The Kier molecular flexibility index (Phi) is 14.8. The van der Waals surface area contributed by atoms with Crippen LogP contribution in [0, 0.1) is 9.81 Å².